The third-order valence-corrected chi connectivity index (χ3v) is 6.86. The number of carbonyl (C=O) groups excluding carboxylic acids is 1. The Morgan fingerprint density at radius 1 is 1.20 bits per heavy atom. The highest BCUT2D eigenvalue weighted by Crippen LogP contribution is 2.37. The highest BCUT2D eigenvalue weighted by atomic mass is 32.2. The number of aryl methyl sites for hydroxylation is 1. The summed E-state index contributed by atoms with van der Waals surface area (Å²) in [6.07, 6.45) is 0.869. The number of methoxy groups -OCH3 is 1. The van der Waals surface area contributed by atoms with Crippen LogP contribution in [-0.4, -0.2) is 55.8 Å². The van der Waals surface area contributed by atoms with E-state index in [2.05, 4.69) is 18.7 Å². The summed E-state index contributed by atoms with van der Waals surface area (Å²) in [5.41, 5.74) is 2.65. The SMILES string of the molecule is CCSc1cccc(C(=O)N(CCCN(C)C)c2nc3c(OC)ccc(C)c3s2)c1. The lowest BCUT2D eigenvalue weighted by Crippen LogP contribution is -2.33. The first-order valence-electron chi connectivity index (χ1n) is 10.1. The fourth-order valence-electron chi connectivity index (χ4n) is 3.25. The minimum atomic E-state index is -0.0111. The van der Waals surface area contributed by atoms with E-state index in [9.17, 15) is 4.79 Å². The molecule has 3 rings (SSSR count). The Kier molecular flexibility index (Phi) is 7.75. The van der Waals surface area contributed by atoms with E-state index in [-0.39, 0.29) is 5.91 Å². The van der Waals surface area contributed by atoms with Gasteiger partial charge < -0.3 is 9.64 Å². The molecule has 0 radical (unpaired) electrons. The molecule has 0 N–H and O–H groups in total. The van der Waals surface area contributed by atoms with Crippen LogP contribution in [0.3, 0.4) is 0 Å². The molecule has 2 aromatic carbocycles. The molecule has 0 aliphatic carbocycles. The molecule has 0 aliphatic heterocycles. The molecular formula is C23H29N3O2S2. The number of benzene rings is 2. The van der Waals surface area contributed by atoms with Gasteiger partial charge in [-0.05, 0) is 69.6 Å². The maximum absolute atomic E-state index is 13.5. The van der Waals surface area contributed by atoms with E-state index in [4.69, 9.17) is 9.72 Å². The summed E-state index contributed by atoms with van der Waals surface area (Å²) in [4.78, 5) is 23.4. The second-order valence-electron chi connectivity index (χ2n) is 7.33. The van der Waals surface area contributed by atoms with Crippen LogP contribution in [0.4, 0.5) is 5.13 Å². The van der Waals surface area contributed by atoms with E-state index >= 15 is 0 Å². The third-order valence-electron chi connectivity index (χ3n) is 4.77. The van der Waals surface area contributed by atoms with Crippen molar-refractivity contribution >= 4 is 44.4 Å². The topological polar surface area (TPSA) is 45.7 Å². The van der Waals surface area contributed by atoms with E-state index in [0.29, 0.717) is 12.1 Å². The number of rotatable bonds is 9. The summed E-state index contributed by atoms with van der Waals surface area (Å²) in [6.45, 7) is 5.70. The Morgan fingerprint density at radius 3 is 2.70 bits per heavy atom. The molecular weight excluding hydrogens is 414 g/mol. The lowest BCUT2D eigenvalue weighted by Gasteiger charge is -2.21. The van der Waals surface area contributed by atoms with E-state index in [1.807, 2.05) is 55.4 Å². The number of anilines is 1. The van der Waals surface area contributed by atoms with Gasteiger partial charge in [-0.3, -0.25) is 9.69 Å². The van der Waals surface area contributed by atoms with E-state index in [0.717, 1.165) is 50.3 Å². The molecule has 0 saturated carbocycles. The largest absolute Gasteiger partial charge is 0.494 e. The summed E-state index contributed by atoms with van der Waals surface area (Å²) in [7, 11) is 5.74. The van der Waals surface area contributed by atoms with Crippen LogP contribution in [0.25, 0.3) is 10.2 Å². The van der Waals surface area contributed by atoms with Crippen LogP contribution >= 0.6 is 23.1 Å². The minimum absolute atomic E-state index is 0.0111. The molecule has 0 bridgehead atoms. The predicted octanol–water partition coefficient (Wildman–Crippen LogP) is 5.32. The van der Waals surface area contributed by atoms with Gasteiger partial charge in [0.1, 0.15) is 11.3 Å². The number of fused-ring (bicyclic) bond motifs is 1. The molecule has 160 valence electrons. The van der Waals surface area contributed by atoms with Crippen molar-refractivity contribution in [2.45, 2.75) is 25.2 Å². The number of hydrogen-bond donors (Lipinski definition) is 0. The van der Waals surface area contributed by atoms with Crippen LogP contribution in [0, 0.1) is 6.92 Å². The van der Waals surface area contributed by atoms with Gasteiger partial charge in [0.15, 0.2) is 5.13 Å². The van der Waals surface area contributed by atoms with Gasteiger partial charge in [0.05, 0.1) is 11.8 Å². The number of ether oxygens (including phenoxy) is 1. The second-order valence-corrected chi connectivity index (χ2v) is 9.65. The lowest BCUT2D eigenvalue weighted by atomic mass is 10.2. The molecule has 0 atom stereocenters. The van der Waals surface area contributed by atoms with Gasteiger partial charge in [-0.2, -0.15) is 0 Å². The zero-order valence-corrected chi connectivity index (χ0v) is 19.9. The molecule has 3 aromatic rings. The molecule has 1 amide bonds. The first-order chi connectivity index (χ1) is 14.4. The standard InChI is InChI=1S/C23H29N3O2S2/c1-6-29-18-10-7-9-17(15-18)22(27)26(14-8-13-25(3)4)23-24-20-19(28-5)12-11-16(2)21(20)30-23/h7,9-12,15H,6,8,13-14H2,1-5H3. The molecule has 7 heteroatoms. The van der Waals surface area contributed by atoms with Gasteiger partial charge in [-0.15, -0.1) is 11.8 Å². The molecule has 0 saturated heterocycles. The van der Waals surface area contributed by atoms with Crippen molar-refractivity contribution in [3.05, 3.63) is 47.5 Å². The quantitative estimate of drug-likeness (QED) is 0.419. The number of carbonyl (C=O) groups is 1. The van der Waals surface area contributed by atoms with Crippen molar-refractivity contribution < 1.29 is 9.53 Å². The zero-order valence-electron chi connectivity index (χ0n) is 18.3. The average molecular weight is 444 g/mol. The van der Waals surface area contributed by atoms with Gasteiger partial charge in [-0.25, -0.2) is 4.98 Å². The molecule has 30 heavy (non-hydrogen) atoms. The molecule has 0 fully saturated rings. The van der Waals surface area contributed by atoms with E-state index in [1.165, 1.54) is 0 Å². The highest BCUT2D eigenvalue weighted by molar-refractivity contribution is 7.99. The number of amides is 1. The average Bonchev–Trinajstić information content (AvgIpc) is 3.17. The molecule has 1 heterocycles. The summed E-state index contributed by atoms with van der Waals surface area (Å²) in [5.74, 6) is 1.70. The van der Waals surface area contributed by atoms with Gasteiger partial charge in [0.25, 0.3) is 5.91 Å². The smallest absolute Gasteiger partial charge is 0.260 e. The second kappa shape index (κ2) is 10.3. The van der Waals surface area contributed by atoms with Crippen molar-refractivity contribution in [1.29, 1.82) is 0 Å². The maximum atomic E-state index is 13.5. The van der Waals surface area contributed by atoms with Crippen LogP contribution in [0.15, 0.2) is 41.3 Å². The Labute approximate surface area is 187 Å². The maximum Gasteiger partial charge on any atom is 0.260 e. The van der Waals surface area contributed by atoms with Crippen LogP contribution in [0.1, 0.15) is 29.3 Å². The lowest BCUT2D eigenvalue weighted by molar-refractivity contribution is 0.0986. The Morgan fingerprint density at radius 2 is 2.00 bits per heavy atom. The monoisotopic (exact) mass is 443 g/mol. The summed E-state index contributed by atoms with van der Waals surface area (Å²) in [6, 6.07) is 11.8. The Bertz CT molecular complexity index is 1020. The normalized spacial score (nSPS) is 11.3. The fourth-order valence-corrected chi connectivity index (χ4v) is 5.04. The predicted molar refractivity (Wildman–Crippen MR) is 129 cm³/mol. The fraction of sp³-hybridized carbons (Fsp3) is 0.391. The molecule has 0 unspecified atom stereocenters. The Hall–Kier alpha value is -2.09. The number of hydrogen-bond acceptors (Lipinski definition) is 6. The van der Waals surface area contributed by atoms with Crippen LogP contribution in [0.2, 0.25) is 0 Å². The molecule has 0 spiro atoms. The molecule has 1 aromatic heterocycles. The summed E-state index contributed by atoms with van der Waals surface area (Å²) < 4.78 is 6.57. The van der Waals surface area contributed by atoms with Crippen LogP contribution < -0.4 is 9.64 Å². The first-order valence-corrected chi connectivity index (χ1v) is 11.9. The van der Waals surface area contributed by atoms with Crippen LogP contribution in [-0.2, 0) is 0 Å². The van der Waals surface area contributed by atoms with Gasteiger partial charge >= 0.3 is 0 Å². The minimum Gasteiger partial charge on any atom is -0.494 e. The van der Waals surface area contributed by atoms with E-state index in [1.54, 1.807) is 30.2 Å². The number of thioether (sulfide) groups is 1. The van der Waals surface area contributed by atoms with Crippen molar-refractivity contribution in [3.63, 3.8) is 0 Å². The first kappa shape index (κ1) is 22.6. The van der Waals surface area contributed by atoms with Crippen molar-refractivity contribution in [2.24, 2.45) is 0 Å². The van der Waals surface area contributed by atoms with Crippen molar-refractivity contribution in [2.75, 3.05) is 44.9 Å². The van der Waals surface area contributed by atoms with Crippen molar-refractivity contribution in [1.82, 2.24) is 9.88 Å². The van der Waals surface area contributed by atoms with Gasteiger partial charge in [0.2, 0.25) is 0 Å². The summed E-state index contributed by atoms with van der Waals surface area (Å²) >= 11 is 3.29. The van der Waals surface area contributed by atoms with E-state index < -0.39 is 0 Å². The number of nitrogens with zero attached hydrogens (tertiary/aromatic N) is 3. The number of thiazole rings is 1. The van der Waals surface area contributed by atoms with Gasteiger partial charge in [0, 0.05) is 17.0 Å². The Balaban J connectivity index is 2.00. The molecule has 5 nitrogen and oxygen atoms in total. The van der Waals surface area contributed by atoms with Crippen LogP contribution in [0.5, 0.6) is 5.75 Å². The zero-order chi connectivity index (χ0) is 21.7. The highest BCUT2D eigenvalue weighted by Gasteiger charge is 2.23. The summed E-state index contributed by atoms with van der Waals surface area (Å²) in [5, 5.41) is 0.718. The van der Waals surface area contributed by atoms with Crippen molar-refractivity contribution in [3.8, 4) is 5.75 Å². The third kappa shape index (κ3) is 5.14. The number of aromatic nitrogens is 1. The molecule has 0 aliphatic rings. The van der Waals surface area contributed by atoms with Gasteiger partial charge in [-0.1, -0.05) is 30.4 Å².